The van der Waals surface area contributed by atoms with Gasteiger partial charge >= 0.3 is 6.09 Å². The summed E-state index contributed by atoms with van der Waals surface area (Å²) >= 11 is 0. The molecule has 0 spiro atoms. The summed E-state index contributed by atoms with van der Waals surface area (Å²) in [6, 6.07) is 3.61. The molecule has 0 radical (unpaired) electrons. The fourth-order valence-corrected chi connectivity index (χ4v) is 2.19. The Morgan fingerprint density at radius 1 is 1.23 bits per heavy atom. The van der Waals surface area contributed by atoms with Gasteiger partial charge in [-0.1, -0.05) is 11.8 Å². The van der Waals surface area contributed by atoms with Crippen LogP contribution in [0.5, 0.6) is 0 Å². The molecule has 2 aromatic rings. The first kappa shape index (κ1) is 14.1. The third-order valence-corrected chi connectivity index (χ3v) is 3.20. The third kappa shape index (κ3) is 2.93. The second-order valence-corrected chi connectivity index (χ2v) is 5.77. The second kappa shape index (κ2) is 5.19. The third-order valence-electron chi connectivity index (χ3n) is 3.20. The van der Waals surface area contributed by atoms with Crippen molar-refractivity contribution in [3.8, 4) is 11.8 Å². The van der Waals surface area contributed by atoms with E-state index >= 15 is 0 Å². The van der Waals surface area contributed by atoms with Crippen LogP contribution in [0, 0.1) is 11.8 Å². The van der Waals surface area contributed by atoms with Gasteiger partial charge < -0.3 is 4.74 Å². The first-order chi connectivity index (χ1) is 10.4. The molecule has 0 atom stereocenters. The first-order valence-electron chi connectivity index (χ1n) is 6.90. The highest BCUT2D eigenvalue weighted by molar-refractivity contribution is 5.89. The number of aromatic nitrogens is 3. The van der Waals surface area contributed by atoms with Crippen molar-refractivity contribution in [3.05, 3.63) is 41.9 Å². The Labute approximate surface area is 128 Å². The van der Waals surface area contributed by atoms with Crippen LogP contribution in [-0.2, 0) is 11.8 Å². The summed E-state index contributed by atoms with van der Waals surface area (Å²) < 4.78 is 6.96. The second-order valence-electron chi connectivity index (χ2n) is 5.77. The van der Waals surface area contributed by atoms with Crippen molar-refractivity contribution in [2.75, 3.05) is 11.4 Å². The summed E-state index contributed by atoms with van der Waals surface area (Å²) in [5, 5.41) is 4.06. The Morgan fingerprint density at radius 2 is 2.00 bits per heavy atom. The zero-order valence-electron chi connectivity index (χ0n) is 12.7. The molecule has 1 aliphatic rings. The summed E-state index contributed by atoms with van der Waals surface area (Å²) in [6.45, 7) is 4.23. The average molecular weight is 296 g/mol. The van der Waals surface area contributed by atoms with Gasteiger partial charge in [0.15, 0.2) is 0 Å². The van der Waals surface area contributed by atoms with Crippen LogP contribution in [-0.4, -0.2) is 33.0 Å². The Balaban J connectivity index is 1.76. The Kier molecular flexibility index (Phi) is 3.33. The van der Waals surface area contributed by atoms with Gasteiger partial charge in [-0.3, -0.25) is 9.58 Å². The SMILES string of the molecule is Cn1cc(C#Cc2ccc(N3CC(C)(C)OC3=O)nc2)cn1. The van der Waals surface area contributed by atoms with Crippen molar-refractivity contribution in [2.24, 2.45) is 7.05 Å². The van der Waals surface area contributed by atoms with Crippen molar-refractivity contribution < 1.29 is 9.53 Å². The number of cyclic esters (lactones) is 1. The van der Waals surface area contributed by atoms with E-state index < -0.39 is 5.60 Å². The van der Waals surface area contributed by atoms with E-state index in [1.54, 1.807) is 23.1 Å². The molecule has 0 unspecified atom stereocenters. The van der Waals surface area contributed by atoms with Crippen molar-refractivity contribution >= 4 is 11.9 Å². The predicted molar refractivity (Wildman–Crippen MR) is 81.3 cm³/mol. The molecule has 0 bridgehead atoms. The number of rotatable bonds is 1. The number of pyridine rings is 1. The maximum atomic E-state index is 11.8. The standard InChI is InChI=1S/C16H16N4O2/c1-16(2)11-20(15(21)22-16)14-7-6-12(8-17-14)4-5-13-9-18-19(3)10-13/h6-10H,11H2,1-3H3. The van der Waals surface area contributed by atoms with Gasteiger partial charge in [0, 0.05) is 25.0 Å². The van der Waals surface area contributed by atoms with Crippen molar-refractivity contribution in [1.82, 2.24) is 14.8 Å². The largest absolute Gasteiger partial charge is 0.441 e. The van der Waals surface area contributed by atoms with Crippen LogP contribution in [0.4, 0.5) is 10.6 Å². The number of anilines is 1. The van der Waals surface area contributed by atoms with Gasteiger partial charge in [-0.25, -0.2) is 9.78 Å². The van der Waals surface area contributed by atoms with Crippen LogP contribution in [0.3, 0.4) is 0 Å². The van der Waals surface area contributed by atoms with Gasteiger partial charge in [0.1, 0.15) is 11.4 Å². The van der Waals surface area contributed by atoms with Crippen LogP contribution in [0.15, 0.2) is 30.7 Å². The maximum absolute atomic E-state index is 11.8. The molecule has 0 N–H and O–H groups in total. The molecule has 6 nitrogen and oxygen atoms in total. The van der Waals surface area contributed by atoms with Crippen LogP contribution >= 0.6 is 0 Å². The van der Waals surface area contributed by atoms with Gasteiger partial charge in [0.2, 0.25) is 0 Å². The molecular formula is C16H16N4O2. The number of ether oxygens (including phenoxy) is 1. The zero-order chi connectivity index (χ0) is 15.7. The zero-order valence-corrected chi connectivity index (χ0v) is 12.7. The average Bonchev–Trinajstić information content (AvgIpc) is 3.00. The van der Waals surface area contributed by atoms with Crippen LogP contribution in [0.1, 0.15) is 25.0 Å². The van der Waals surface area contributed by atoms with Crippen molar-refractivity contribution in [1.29, 1.82) is 0 Å². The van der Waals surface area contributed by atoms with Crippen molar-refractivity contribution in [3.63, 3.8) is 0 Å². The topological polar surface area (TPSA) is 60.2 Å². The quantitative estimate of drug-likeness (QED) is 0.755. The number of hydrogen-bond donors (Lipinski definition) is 0. The maximum Gasteiger partial charge on any atom is 0.416 e. The Bertz CT molecular complexity index is 765. The van der Waals surface area contributed by atoms with E-state index in [1.165, 1.54) is 4.90 Å². The smallest absolute Gasteiger partial charge is 0.416 e. The molecule has 3 rings (SSSR count). The van der Waals surface area contributed by atoms with Gasteiger partial charge in [0.05, 0.1) is 18.3 Å². The lowest BCUT2D eigenvalue weighted by Gasteiger charge is -2.14. The molecule has 6 heteroatoms. The monoisotopic (exact) mass is 296 g/mol. The number of hydrogen-bond acceptors (Lipinski definition) is 4. The molecule has 3 heterocycles. The van der Waals surface area contributed by atoms with E-state index in [2.05, 4.69) is 21.9 Å². The molecule has 112 valence electrons. The number of aryl methyl sites for hydroxylation is 1. The summed E-state index contributed by atoms with van der Waals surface area (Å²) in [5.74, 6) is 6.60. The fraction of sp³-hybridized carbons (Fsp3) is 0.312. The molecule has 0 aliphatic carbocycles. The highest BCUT2D eigenvalue weighted by atomic mass is 16.6. The highest BCUT2D eigenvalue weighted by Gasteiger charge is 2.38. The molecule has 1 fully saturated rings. The molecule has 2 aromatic heterocycles. The molecule has 22 heavy (non-hydrogen) atoms. The summed E-state index contributed by atoms with van der Waals surface area (Å²) in [4.78, 5) is 17.6. The molecule has 1 aliphatic heterocycles. The van der Waals surface area contributed by atoms with E-state index in [0.717, 1.165) is 11.1 Å². The molecule has 1 saturated heterocycles. The van der Waals surface area contributed by atoms with E-state index in [4.69, 9.17) is 4.74 Å². The lowest BCUT2D eigenvalue weighted by molar-refractivity contribution is 0.0871. The van der Waals surface area contributed by atoms with Gasteiger partial charge in [-0.2, -0.15) is 5.10 Å². The van der Waals surface area contributed by atoms with Crippen LogP contribution < -0.4 is 4.90 Å². The van der Waals surface area contributed by atoms with E-state index in [9.17, 15) is 4.79 Å². The Hall–Kier alpha value is -2.81. The van der Waals surface area contributed by atoms with Crippen LogP contribution in [0.2, 0.25) is 0 Å². The van der Waals surface area contributed by atoms with Gasteiger partial charge in [-0.05, 0) is 26.0 Å². The first-order valence-corrected chi connectivity index (χ1v) is 6.90. The van der Waals surface area contributed by atoms with E-state index in [0.29, 0.717) is 12.4 Å². The number of amides is 1. The molecule has 0 aromatic carbocycles. The van der Waals surface area contributed by atoms with Gasteiger partial charge in [-0.15, -0.1) is 0 Å². The molecular weight excluding hydrogens is 280 g/mol. The summed E-state index contributed by atoms with van der Waals surface area (Å²) in [7, 11) is 1.85. The number of carbonyl (C=O) groups is 1. The minimum Gasteiger partial charge on any atom is -0.441 e. The molecule has 1 amide bonds. The summed E-state index contributed by atoms with van der Waals surface area (Å²) in [5.41, 5.74) is 1.13. The minimum atomic E-state index is -0.489. The minimum absolute atomic E-state index is 0.369. The normalized spacial score (nSPS) is 16.1. The van der Waals surface area contributed by atoms with E-state index in [1.807, 2.05) is 33.2 Å². The Morgan fingerprint density at radius 3 is 2.55 bits per heavy atom. The highest BCUT2D eigenvalue weighted by Crippen LogP contribution is 2.25. The lowest BCUT2D eigenvalue weighted by Crippen LogP contribution is -2.28. The molecule has 0 saturated carbocycles. The number of carbonyl (C=O) groups excluding carboxylic acids is 1. The number of nitrogens with zero attached hydrogens (tertiary/aromatic N) is 4. The predicted octanol–water partition coefficient (Wildman–Crippen LogP) is 1.95. The fourth-order valence-electron chi connectivity index (χ4n) is 2.19. The summed E-state index contributed by atoms with van der Waals surface area (Å²) in [6.07, 6.45) is 4.83. The van der Waals surface area contributed by atoms with E-state index in [-0.39, 0.29) is 6.09 Å². The van der Waals surface area contributed by atoms with Crippen LogP contribution in [0.25, 0.3) is 0 Å². The van der Waals surface area contributed by atoms with Gasteiger partial charge in [0.25, 0.3) is 0 Å². The lowest BCUT2D eigenvalue weighted by atomic mass is 10.1. The van der Waals surface area contributed by atoms with Crippen molar-refractivity contribution in [2.45, 2.75) is 19.4 Å².